The molecule has 1 saturated carbocycles. The van der Waals surface area contributed by atoms with Crippen LogP contribution >= 0.6 is 11.8 Å². The maximum atomic E-state index is 12.4. The van der Waals surface area contributed by atoms with Crippen molar-refractivity contribution in [2.45, 2.75) is 36.9 Å². The average molecular weight is 438 g/mol. The zero-order valence-electron chi connectivity index (χ0n) is 16.9. The highest BCUT2D eigenvalue weighted by Crippen LogP contribution is 2.39. The van der Waals surface area contributed by atoms with E-state index in [2.05, 4.69) is 15.5 Å². The number of primary amides is 1. The first-order valence-corrected chi connectivity index (χ1v) is 11.0. The molecule has 1 aliphatic rings. The Labute approximate surface area is 184 Å². The van der Waals surface area contributed by atoms with Gasteiger partial charge in [0.05, 0.1) is 5.75 Å². The van der Waals surface area contributed by atoms with Gasteiger partial charge in [-0.1, -0.05) is 30.0 Å². The molecule has 160 valence electrons. The predicted molar refractivity (Wildman–Crippen MR) is 118 cm³/mol. The van der Waals surface area contributed by atoms with Gasteiger partial charge in [0.1, 0.15) is 17.3 Å². The minimum absolute atomic E-state index is 0.134. The van der Waals surface area contributed by atoms with E-state index in [0.717, 1.165) is 24.4 Å². The molecule has 3 aromatic rings. The van der Waals surface area contributed by atoms with Gasteiger partial charge in [-0.25, -0.2) is 0 Å². The first kappa shape index (κ1) is 20.9. The number of nitrogens with zero attached hydrogens (tertiary/aromatic N) is 3. The number of anilines is 1. The Hall–Kier alpha value is -3.33. The number of nitrogens with one attached hydrogen (secondary N) is 1. The first-order valence-electron chi connectivity index (χ1n) is 10.1. The molecular weight excluding hydrogens is 414 g/mol. The van der Waals surface area contributed by atoms with Crippen LogP contribution < -0.4 is 15.8 Å². The number of amides is 2. The molecule has 0 aliphatic heterocycles. The highest BCUT2D eigenvalue weighted by Gasteiger charge is 2.29. The summed E-state index contributed by atoms with van der Waals surface area (Å²) in [6.07, 6.45) is 2.81. The molecule has 2 amide bonds. The van der Waals surface area contributed by atoms with E-state index in [0.29, 0.717) is 29.1 Å². The second-order valence-electron chi connectivity index (χ2n) is 7.24. The topological polar surface area (TPSA) is 112 Å². The normalized spacial score (nSPS) is 13.0. The van der Waals surface area contributed by atoms with Gasteiger partial charge < -0.3 is 20.4 Å². The van der Waals surface area contributed by atoms with Gasteiger partial charge in [-0.15, -0.1) is 10.2 Å². The van der Waals surface area contributed by atoms with E-state index in [-0.39, 0.29) is 24.0 Å². The SMILES string of the molecule is NC(=O)CCc1nnc(SCC(=O)Nc2ccc(Oc3ccccc3)cc2)n1C1CC1. The molecule has 0 saturated heterocycles. The van der Waals surface area contributed by atoms with Crippen LogP contribution in [-0.4, -0.2) is 32.3 Å². The second-order valence-corrected chi connectivity index (χ2v) is 8.19. The van der Waals surface area contributed by atoms with Crippen LogP contribution in [0.3, 0.4) is 0 Å². The van der Waals surface area contributed by atoms with Crippen LogP contribution in [0.2, 0.25) is 0 Å². The Kier molecular flexibility index (Phi) is 6.51. The van der Waals surface area contributed by atoms with Crippen LogP contribution in [0.25, 0.3) is 0 Å². The fourth-order valence-corrected chi connectivity index (χ4v) is 3.89. The van der Waals surface area contributed by atoms with E-state index in [1.54, 1.807) is 12.1 Å². The summed E-state index contributed by atoms with van der Waals surface area (Å²) in [7, 11) is 0. The number of thioether (sulfide) groups is 1. The number of ether oxygens (including phenoxy) is 1. The summed E-state index contributed by atoms with van der Waals surface area (Å²) >= 11 is 1.34. The maximum absolute atomic E-state index is 12.4. The summed E-state index contributed by atoms with van der Waals surface area (Å²) in [5.74, 6) is 1.91. The molecule has 9 heteroatoms. The molecule has 0 radical (unpaired) electrons. The fourth-order valence-electron chi connectivity index (χ4n) is 3.07. The van der Waals surface area contributed by atoms with E-state index < -0.39 is 0 Å². The molecule has 3 N–H and O–H groups in total. The quantitative estimate of drug-likeness (QED) is 0.469. The number of nitrogens with two attached hydrogens (primary N) is 1. The number of benzene rings is 2. The second kappa shape index (κ2) is 9.65. The van der Waals surface area contributed by atoms with E-state index in [9.17, 15) is 9.59 Å². The van der Waals surface area contributed by atoms with Crippen LogP contribution in [0.1, 0.15) is 31.1 Å². The summed E-state index contributed by atoms with van der Waals surface area (Å²) in [6, 6.07) is 17.1. The van der Waals surface area contributed by atoms with Crippen LogP contribution in [-0.2, 0) is 16.0 Å². The summed E-state index contributed by atoms with van der Waals surface area (Å²) in [6.45, 7) is 0. The van der Waals surface area contributed by atoms with Crippen LogP contribution in [0, 0.1) is 0 Å². The predicted octanol–water partition coefficient (Wildman–Crippen LogP) is 3.55. The van der Waals surface area contributed by atoms with Crippen LogP contribution in [0.5, 0.6) is 11.5 Å². The van der Waals surface area contributed by atoms with Gasteiger partial charge in [0, 0.05) is 24.6 Å². The van der Waals surface area contributed by atoms with Crippen molar-refractivity contribution in [2.24, 2.45) is 5.73 Å². The summed E-state index contributed by atoms with van der Waals surface area (Å²) in [5.41, 5.74) is 5.94. The Morgan fingerprint density at radius 1 is 1.06 bits per heavy atom. The summed E-state index contributed by atoms with van der Waals surface area (Å²) in [4.78, 5) is 23.5. The molecule has 1 aliphatic carbocycles. The van der Waals surface area contributed by atoms with Gasteiger partial charge in [0.15, 0.2) is 5.16 Å². The van der Waals surface area contributed by atoms with E-state index >= 15 is 0 Å². The number of carbonyl (C=O) groups is 2. The van der Waals surface area contributed by atoms with Gasteiger partial charge in [0.25, 0.3) is 0 Å². The molecule has 31 heavy (non-hydrogen) atoms. The molecular formula is C22H23N5O3S. The summed E-state index contributed by atoms with van der Waals surface area (Å²) in [5, 5.41) is 12.0. The molecule has 1 aromatic heterocycles. The number of aromatic nitrogens is 3. The highest BCUT2D eigenvalue weighted by molar-refractivity contribution is 7.99. The number of aryl methyl sites for hydroxylation is 1. The third-order valence-corrected chi connectivity index (χ3v) is 5.63. The molecule has 0 spiro atoms. The van der Waals surface area contributed by atoms with Crippen molar-refractivity contribution in [3.63, 3.8) is 0 Å². The van der Waals surface area contributed by atoms with E-state index in [1.807, 2.05) is 47.0 Å². The Balaban J connectivity index is 1.31. The maximum Gasteiger partial charge on any atom is 0.234 e. The molecule has 2 aromatic carbocycles. The monoisotopic (exact) mass is 437 g/mol. The van der Waals surface area contributed by atoms with Crippen molar-refractivity contribution >= 4 is 29.3 Å². The Morgan fingerprint density at radius 3 is 2.45 bits per heavy atom. The number of para-hydroxylation sites is 1. The van der Waals surface area contributed by atoms with Crippen molar-refractivity contribution in [1.29, 1.82) is 0 Å². The lowest BCUT2D eigenvalue weighted by Crippen LogP contribution is -2.15. The number of hydrogen-bond donors (Lipinski definition) is 2. The van der Waals surface area contributed by atoms with Gasteiger partial charge in [-0.3, -0.25) is 9.59 Å². The van der Waals surface area contributed by atoms with Crippen molar-refractivity contribution in [2.75, 3.05) is 11.1 Å². The smallest absolute Gasteiger partial charge is 0.234 e. The number of carbonyl (C=O) groups excluding carboxylic acids is 2. The molecule has 0 atom stereocenters. The molecule has 0 bridgehead atoms. The lowest BCUT2D eigenvalue weighted by atomic mass is 10.3. The standard InChI is InChI=1S/C22H23N5O3S/c23-19(28)12-13-20-25-26-22(27(20)16-8-9-16)31-14-21(29)24-15-6-10-18(11-7-15)30-17-4-2-1-3-5-17/h1-7,10-11,16H,8-9,12-14H2,(H2,23,28)(H,24,29). The van der Waals surface area contributed by atoms with Crippen molar-refractivity contribution in [1.82, 2.24) is 14.8 Å². The molecule has 1 heterocycles. The third-order valence-electron chi connectivity index (χ3n) is 4.69. The fraction of sp³-hybridized carbons (Fsp3) is 0.273. The van der Waals surface area contributed by atoms with Gasteiger partial charge in [-0.05, 0) is 49.2 Å². The number of rotatable bonds is 10. The third kappa shape index (κ3) is 5.85. The largest absolute Gasteiger partial charge is 0.457 e. The minimum Gasteiger partial charge on any atom is -0.457 e. The molecule has 1 fully saturated rings. The zero-order chi connectivity index (χ0) is 21.6. The van der Waals surface area contributed by atoms with Gasteiger partial charge >= 0.3 is 0 Å². The van der Waals surface area contributed by atoms with Gasteiger partial charge in [-0.2, -0.15) is 0 Å². The Morgan fingerprint density at radius 2 is 1.77 bits per heavy atom. The van der Waals surface area contributed by atoms with Gasteiger partial charge in [0.2, 0.25) is 11.8 Å². The Bertz CT molecular complexity index is 1050. The molecule has 8 nitrogen and oxygen atoms in total. The van der Waals surface area contributed by atoms with Crippen molar-refractivity contribution in [3.05, 3.63) is 60.4 Å². The molecule has 0 unspecified atom stereocenters. The lowest BCUT2D eigenvalue weighted by molar-refractivity contribution is -0.118. The van der Waals surface area contributed by atoms with Crippen molar-refractivity contribution < 1.29 is 14.3 Å². The molecule has 4 rings (SSSR count). The van der Waals surface area contributed by atoms with E-state index in [4.69, 9.17) is 10.5 Å². The van der Waals surface area contributed by atoms with Crippen LogP contribution in [0.15, 0.2) is 59.8 Å². The minimum atomic E-state index is -0.362. The first-order chi connectivity index (χ1) is 15.1. The average Bonchev–Trinajstić information content (AvgIpc) is 3.52. The van der Waals surface area contributed by atoms with Crippen molar-refractivity contribution in [3.8, 4) is 11.5 Å². The number of hydrogen-bond acceptors (Lipinski definition) is 6. The zero-order valence-corrected chi connectivity index (χ0v) is 17.7. The lowest BCUT2D eigenvalue weighted by Gasteiger charge is -2.09. The van der Waals surface area contributed by atoms with Crippen LogP contribution in [0.4, 0.5) is 5.69 Å². The van der Waals surface area contributed by atoms with E-state index in [1.165, 1.54) is 11.8 Å². The highest BCUT2D eigenvalue weighted by atomic mass is 32.2. The summed E-state index contributed by atoms with van der Waals surface area (Å²) < 4.78 is 7.80.